The molecule has 4 N–H and O–H groups in total. The first-order valence-electron chi connectivity index (χ1n) is 12.6. The Morgan fingerprint density at radius 2 is 2.06 bits per heavy atom. The molecule has 5 rings (SSSR count). The first-order valence-corrected chi connectivity index (χ1v) is 12.6. The highest BCUT2D eigenvalue weighted by Gasteiger charge is 2.36. The van der Waals surface area contributed by atoms with Gasteiger partial charge < -0.3 is 30.6 Å². The van der Waals surface area contributed by atoms with Crippen molar-refractivity contribution in [3.63, 3.8) is 0 Å². The quantitative estimate of drug-likeness (QED) is 0.425. The van der Waals surface area contributed by atoms with Crippen molar-refractivity contribution in [3.8, 4) is 0 Å². The van der Waals surface area contributed by atoms with Gasteiger partial charge in [0.05, 0.1) is 25.2 Å². The third-order valence-electron chi connectivity index (χ3n) is 6.85. The van der Waals surface area contributed by atoms with Crippen molar-refractivity contribution in [1.29, 1.82) is 0 Å². The average Bonchev–Trinajstić information content (AvgIpc) is 3.65. The van der Waals surface area contributed by atoms with Gasteiger partial charge in [-0.3, -0.25) is 14.6 Å². The maximum Gasteiger partial charge on any atom is 0.267 e. The Labute approximate surface area is 209 Å². The number of hydrogen-bond acceptors (Lipinski definition) is 10. The monoisotopic (exact) mass is 499 g/mol. The van der Waals surface area contributed by atoms with E-state index in [0.29, 0.717) is 24.9 Å². The summed E-state index contributed by atoms with van der Waals surface area (Å²) in [6.45, 7) is 4.20. The number of hydrazone groups is 1. The maximum atomic E-state index is 13.0. The van der Waals surface area contributed by atoms with Gasteiger partial charge in [-0.05, 0) is 43.7 Å². The highest BCUT2D eigenvalue weighted by molar-refractivity contribution is 6.41. The van der Waals surface area contributed by atoms with Crippen LogP contribution in [-0.4, -0.2) is 97.7 Å². The van der Waals surface area contributed by atoms with Crippen LogP contribution in [0.25, 0.3) is 0 Å². The molecule has 0 radical (unpaired) electrons. The van der Waals surface area contributed by atoms with Gasteiger partial charge in [-0.15, -0.1) is 0 Å². The van der Waals surface area contributed by atoms with Gasteiger partial charge in [0, 0.05) is 38.1 Å². The zero-order valence-corrected chi connectivity index (χ0v) is 20.2. The number of carbonyl (C=O) groups excluding carboxylic acids is 2. The zero-order valence-electron chi connectivity index (χ0n) is 20.2. The number of pyridine rings is 1. The van der Waals surface area contributed by atoms with E-state index in [4.69, 9.17) is 19.9 Å². The number of ether oxygens (including phenoxy) is 3. The van der Waals surface area contributed by atoms with Crippen molar-refractivity contribution in [2.24, 2.45) is 21.7 Å². The molecule has 1 aromatic rings. The molecule has 5 heterocycles. The molecule has 2 saturated heterocycles. The van der Waals surface area contributed by atoms with Crippen molar-refractivity contribution < 1.29 is 23.8 Å². The zero-order chi connectivity index (χ0) is 24.9. The Kier molecular flexibility index (Phi) is 7.61. The molecule has 2 amide bonds. The largest absolute Gasteiger partial charge is 0.475 e. The summed E-state index contributed by atoms with van der Waals surface area (Å²) in [5, 5.41) is 12.3. The second kappa shape index (κ2) is 11.2. The number of amides is 2. The summed E-state index contributed by atoms with van der Waals surface area (Å²) in [5.41, 5.74) is 6.41. The number of anilines is 1. The van der Waals surface area contributed by atoms with Crippen molar-refractivity contribution in [1.82, 2.24) is 15.3 Å². The minimum atomic E-state index is -0.729. The topological polar surface area (TPSA) is 153 Å². The predicted molar refractivity (Wildman–Crippen MR) is 132 cm³/mol. The summed E-state index contributed by atoms with van der Waals surface area (Å²) in [6.07, 6.45) is 5.80. The van der Waals surface area contributed by atoms with Gasteiger partial charge >= 0.3 is 0 Å². The van der Waals surface area contributed by atoms with E-state index in [-0.39, 0.29) is 24.3 Å². The van der Waals surface area contributed by atoms with E-state index >= 15 is 0 Å². The lowest BCUT2D eigenvalue weighted by molar-refractivity contribution is -0.122. The lowest BCUT2D eigenvalue weighted by atomic mass is 10.0. The third kappa shape index (κ3) is 5.93. The molecule has 12 nitrogen and oxygen atoms in total. The van der Waals surface area contributed by atoms with Gasteiger partial charge in [-0.1, -0.05) is 0 Å². The van der Waals surface area contributed by atoms with Crippen LogP contribution >= 0.6 is 0 Å². The molecule has 4 aliphatic rings. The summed E-state index contributed by atoms with van der Waals surface area (Å²) in [5.74, 6) is 0.692. The minimum Gasteiger partial charge on any atom is -0.475 e. The van der Waals surface area contributed by atoms with E-state index in [1.54, 1.807) is 17.3 Å². The minimum absolute atomic E-state index is 0.0733. The lowest BCUT2D eigenvalue weighted by Crippen LogP contribution is -2.49. The maximum absolute atomic E-state index is 13.0. The molecular formula is C24H33N7O5. The van der Waals surface area contributed by atoms with Gasteiger partial charge in [-0.25, -0.2) is 9.98 Å². The Morgan fingerprint density at radius 3 is 2.83 bits per heavy atom. The number of rotatable bonds is 9. The molecule has 12 heteroatoms. The van der Waals surface area contributed by atoms with E-state index in [2.05, 4.69) is 25.7 Å². The van der Waals surface area contributed by atoms with Crippen molar-refractivity contribution >= 4 is 29.2 Å². The SMILES string of the molecule is NC(=O)C1=NN(CC2CCCO2)CC1NC(=O)C1COC(c2ccnc(NCC3CCOCC3)c2)=N1. The first kappa shape index (κ1) is 24.4. The summed E-state index contributed by atoms with van der Waals surface area (Å²) in [4.78, 5) is 33.8. The van der Waals surface area contributed by atoms with Gasteiger partial charge in [0.25, 0.3) is 5.91 Å². The van der Waals surface area contributed by atoms with Gasteiger partial charge in [0.15, 0.2) is 6.04 Å². The number of carbonyl (C=O) groups is 2. The van der Waals surface area contributed by atoms with Crippen molar-refractivity contribution in [2.45, 2.75) is 43.9 Å². The van der Waals surface area contributed by atoms with Crippen molar-refractivity contribution in [3.05, 3.63) is 23.9 Å². The molecule has 194 valence electrons. The van der Waals surface area contributed by atoms with E-state index in [9.17, 15) is 9.59 Å². The summed E-state index contributed by atoms with van der Waals surface area (Å²) in [6, 6.07) is 2.35. The second-order valence-corrected chi connectivity index (χ2v) is 9.54. The summed E-state index contributed by atoms with van der Waals surface area (Å²) >= 11 is 0. The molecule has 0 saturated carbocycles. The van der Waals surface area contributed by atoms with Gasteiger partial charge in [0.2, 0.25) is 11.8 Å². The van der Waals surface area contributed by atoms with Crippen LogP contribution in [0.3, 0.4) is 0 Å². The van der Waals surface area contributed by atoms with Crippen LogP contribution in [0.2, 0.25) is 0 Å². The predicted octanol–water partition coefficient (Wildman–Crippen LogP) is -0.114. The fourth-order valence-corrected chi connectivity index (χ4v) is 4.83. The van der Waals surface area contributed by atoms with Crippen LogP contribution in [0.15, 0.2) is 28.4 Å². The molecule has 36 heavy (non-hydrogen) atoms. The number of nitrogens with zero attached hydrogens (tertiary/aromatic N) is 4. The average molecular weight is 500 g/mol. The highest BCUT2D eigenvalue weighted by atomic mass is 16.5. The molecule has 2 fully saturated rings. The molecule has 0 spiro atoms. The van der Waals surface area contributed by atoms with E-state index < -0.39 is 18.0 Å². The van der Waals surface area contributed by atoms with Crippen LogP contribution in [0, 0.1) is 5.92 Å². The molecular weight excluding hydrogens is 466 g/mol. The molecule has 1 aromatic heterocycles. The van der Waals surface area contributed by atoms with Crippen molar-refractivity contribution in [2.75, 3.05) is 51.4 Å². The van der Waals surface area contributed by atoms with Crippen LogP contribution < -0.4 is 16.4 Å². The van der Waals surface area contributed by atoms with Crippen LogP contribution in [0.1, 0.15) is 31.2 Å². The normalized spacial score (nSPS) is 26.3. The molecule has 3 atom stereocenters. The molecule has 0 bridgehead atoms. The molecule has 4 aliphatic heterocycles. The summed E-state index contributed by atoms with van der Waals surface area (Å²) in [7, 11) is 0. The number of aromatic nitrogens is 1. The van der Waals surface area contributed by atoms with Crippen LogP contribution in [-0.2, 0) is 23.8 Å². The van der Waals surface area contributed by atoms with Crippen LogP contribution in [0.5, 0.6) is 0 Å². The first-order chi connectivity index (χ1) is 17.5. The van der Waals surface area contributed by atoms with E-state index in [0.717, 1.165) is 63.4 Å². The molecule has 3 unspecified atom stereocenters. The molecule has 0 aliphatic carbocycles. The lowest BCUT2D eigenvalue weighted by Gasteiger charge is -2.22. The number of primary amides is 1. The number of nitrogens with one attached hydrogen (secondary N) is 2. The standard InChI is InChI=1S/C24H33N7O5/c25-22(32)21-18(13-31(30-21)12-17-2-1-7-35-17)28-23(33)19-14-36-24(29-19)16-3-6-26-20(10-16)27-11-15-4-8-34-9-5-15/h3,6,10,15,17-19H,1-2,4-5,7-9,11-14H2,(H2,25,32)(H,26,27)(H,28,33). The fraction of sp³-hybridized carbons (Fsp3) is 0.625. The Morgan fingerprint density at radius 1 is 1.19 bits per heavy atom. The second-order valence-electron chi connectivity index (χ2n) is 9.54. The van der Waals surface area contributed by atoms with Gasteiger partial charge in [0.1, 0.15) is 18.1 Å². The number of aliphatic imine (C=N–C) groups is 1. The summed E-state index contributed by atoms with van der Waals surface area (Å²) < 4.78 is 16.8. The fourth-order valence-electron chi connectivity index (χ4n) is 4.83. The van der Waals surface area contributed by atoms with E-state index in [1.807, 2.05) is 6.07 Å². The van der Waals surface area contributed by atoms with E-state index in [1.165, 1.54) is 0 Å². The van der Waals surface area contributed by atoms with Crippen LogP contribution in [0.4, 0.5) is 5.82 Å². The smallest absolute Gasteiger partial charge is 0.267 e. The number of hydrogen-bond donors (Lipinski definition) is 3. The highest BCUT2D eigenvalue weighted by Crippen LogP contribution is 2.19. The number of nitrogens with two attached hydrogens (primary N) is 1. The Hall–Kier alpha value is -3.25. The third-order valence-corrected chi connectivity index (χ3v) is 6.85. The Bertz CT molecular complexity index is 1020. The Balaban J connectivity index is 1.17. The molecule has 0 aromatic carbocycles. The van der Waals surface area contributed by atoms with Gasteiger partial charge in [-0.2, -0.15) is 5.10 Å².